The van der Waals surface area contributed by atoms with E-state index in [1.165, 1.54) is 7.11 Å². The third-order valence-electron chi connectivity index (χ3n) is 4.90. The molecule has 1 aliphatic carbocycles. The SMILES string of the molecule is C=C(C)/C=C/[C@](C)(O)C/C=C/[C@H]1[C@H](O)CC(=O)[C@@H]1CC/C=C\CCC(=O)OC. The van der Waals surface area contributed by atoms with Crippen molar-refractivity contribution in [3.05, 3.63) is 48.6 Å². The summed E-state index contributed by atoms with van der Waals surface area (Å²) in [4.78, 5) is 23.3. The van der Waals surface area contributed by atoms with Crippen LogP contribution in [0.4, 0.5) is 0 Å². The van der Waals surface area contributed by atoms with Crippen molar-refractivity contribution in [1.82, 2.24) is 0 Å². The maximum Gasteiger partial charge on any atom is 0.305 e. The van der Waals surface area contributed by atoms with Crippen molar-refractivity contribution in [2.75, 3.05) is 7.11 Å². The number of Topliss-reactive ketones (excluding diaryl/α,β-unsaturated/α-hetero) is 1. The number of hydrogen-bond acceptors (Lipinski definition) is 5. The normalized spacial score (nSPS) is 25.0. The number of ether oxygens (including phenoxy) is 1. The van der Waals surface area contributed by atoms with Gasteiger partial charge in [-0.3, -0.25) is 9.59 Å². The maximum atomic E-state index is 12.2. The van der Waals surface area contributed by atoms with Gasteiger partial charge in [-0.2, -0.15) is 0 Å². The minimum Gasteiger partial charge on any atom is -0.469 e. The summed E-state index contributed by atoms with van der Waals surface area (Å²) in [5, 5.41) is 20.6. The Morgan fingerprint density at radius 2 is 2.00 bits per heavy atom. The Morgan fingerprint density at radius 1 is 1.32 bits per heavy atom. The Labute approximate surface area is 168 Å². The number of esters is 1. The maximum absolute atomic E-state index is 12.2. The third kappa shape index (κ3) is 8.81. The van der Waals surface area contributed by atoms with Crippen molar-refractivity contribution in [2.45, 2.75) is 64.1 Å². The van der Waals surface area contributed by atoms with Gasteiger partial charge in [0.15, 0.2) is 0 Å². The van der Waals surface area contributed by atoms with Gasteiger partial charge in [0.2, 0.25) is 0 Å². The zero-order valence-electron chi connectivity index (χ0n) is 17.3. The second-order valence-electron chi connectivity index (χ2n) is 7.75. The Morgan fingerprint density at radius 3 is 2.64 bits per heavy atom. The summed E-state index contributed by atoms with van der Waals surface area (Å²) in [6.45, 7) is 7.35. The fourth-order valence-corrected chi connectivity index (χ4v) is 3.26. The van der Waals surface area contributed by atoms with Crippen LogP contribution >= 0.6 is 0 Å². The lowest BCUT2D eigenvalue weighted by atomic mass is 9.88. The van der Waals surface area contributed by atoms with Crippen LogP contribution < -0.4 is 0 Å². The van der Waals surface area contributed by atoms with E-state index in [1.54, 1.807) is 19.1 Å². The summed E-state index contributed by atoms with van der Waals surface area (Å²) in [5.41, 5.74) is -0.137. The van der Waals surface area contributed by atoms with Gasteiger partial charge in [0.05, 0.1) is 18.8 Å². The van der Waals surface area contributed by atoms with E-state index >= 15 is 0 Å². The molecule has 0 aromatic rings. The number of aliphatic hydroxyl groups is 2. The van der Waals surface area contributed by atoms with Crippen LogP contribution in [0.15, 0.2) is 48.6 Å². The van der Waals surface area contributed by atoms with Crippen LogP contribution in [0.3, 0.4) is 0 Å². The van der Waals surface area contributed by atoms with Crippen LogP contribution in [0, 0.1) is 11.8 Å². The first-order chi connectivity index (χ1) is 13.2. The van der Waals surface area contributed by atoms with E-state index in [0.29, 0.717) is 32.1 Å². The largest absolute Gasteiger partial charge is 0.469 e. The molecule has 2 N–H and O–H groups in total. The van der Waals surface area contributed by atoms with Gasteiger partial charge in [0.25, 0.3) is 0 Å². The monoisotopic (exact) mass is 390 g/mol. The Balaban J connectivity index is 2.56. The smallest absolute Gasteiger partial charge is 0.305 e. The topological polar surface area (TPSA) is 83.8 Å². The van der Waals surface area contributed by atoms with Crippen LogP contribution in [0.25, 0.3) is 0 Å². The van der Waals surface area contributed by atoms with Gasteiger partial charge < -0.3 is 14.9 Å². The molecular formula is C23H34O5. The molecule has 1 aliphatic rings. The van der Waals surface area contributed by atoms with E-state index in [-0.39, 0.29) is 30.0 Å². The summed E-state index contributed by atoms with van der Waals surface area (Å²) in [7, 11) is 1.37. The van der Waals surface area contributed by atoms with E-state index < -0.39 is 11.7 Å². The number of hydrogen-bond donors (Lipinski definition) is 2. The fraction of sp³-hybridized carbons (Fsp3) is 0.565. The zero-order valence-corrected chi connectivity index (χ0v) is 17.3. The molecule has 28 heavy (non-hydrogen) atoms. The average Bonchev–Trinajstić information content (AvgIpc) is 2.89. The van der Waals surface area contributed by atoms with Crippen molar-refractivity contribution in [3.63, 3.8) is 0 Å². The zero-order chi connectivity index (χ0) is 21.2. The number of ketones is 1. The molecule has 0 aliphatic heterocycles. The minimum absolute atomic E-state index is 0.0825. The predicted octanol–water partition coefficient (Wildman–Crippen LogP) is 3.67. The fourth-order valence-electron chi connectivity index (χ4n) is 3.26. The molecule has 1 saturated carbocycles. The number of allylic oxidation sites excluding steroid dienone is 4. The summed E-state index contributed by atoms with van der Waals surface area (Å²) in [5.74, 6) is -0.596. The van der Waals surface area contributed by atoms with Crippen LogP contribution in [0.1, 0.15) is 52.4 Å². The molecule has 0 heterocycles. The molecule has 5 nitrogen and oxygen atoms in total. The van der Waals surface area contributed by atoms with E-state index in [0.717, 1.165) is 5.57 Å². The van der Waals surface area contributed by atoms with Crippen molar-refractivity contribution in [1.29, 1.82) is 0 Å². The third-order valence-corrected chi connectivity index (χ3v) is 4.90. The lowest BCUT2D eigenvalue weighted by Gasteiger charge is -2.19. The summed E-state index contributed by atoms with van der Waals surface area (Å²) < 4.78 is 4.59. The molecule has 0 amide bonds. The molecule has 0 bridgehead atoms. The standard InChI is InChI=1S/C23H34O5/c1-17(2)13-15-23(3,27)14-9-11-19-18(20(24)16-21(19)25)10-7-5-6-8-12-22(26)28-4/h5-6,9,11,13,15,18-19,21,25,27H,1,7-8,10,12,14,16H2,2-4H3/b6-5-,11-9+,15-13+/t18-,19-,21-,23-/m1/s1. The van der Waals surface area contributed by atoms with E-state index in [4.69, 9.17) is 0 Å². The second-order valence-corrected chi connectivity index (χ2v) is 7.75. The number of aliphatic hydroxyl groups excluding tert-OH is 1. The summed E-state index contributed by atoms with van der Waals surface area (Å²) in [6, 6.07) is 0. The highest BCUT2D eigenvalue weighted by molar-refractivity contribution is 5.84. The van der Waals surface area contributed by atoms with Gasteiger partial charge in [-0.05, 0) is 39.5 Å². The molecule has 0 aromatic heterocycles. The predicted molar refractivity (Wildman–Crippen MR) is 111 cm³/mol. The lowest BCUT2D eigenvalue weighted by Crippen LogP contribution is -2.21. The first-order valence-electron chi connectivity index (χ1n) is 9.82. The van der Waals surface area contributed by atoms with Crippen molar-refractivity contribution < 1.29 is 24.5 Å². The highest BCUT2D eigenvalue weighted by Gasteiger charge is 2.39. The lowest BCUT2D eigenvalue weighted by molar-refractivity contribution is -0.140. The highest BCUT2D eigenvalue weighted by atomic mass is 16.5. The summed E-state index contributed by atoms with van der Waals surface area (Å²) >= 11 is 0. The minimum atomic E-state index is -0.999. The Hall–Kier alpha value is -1.98. The number of rotatable bonds is 11. The molecule has 1 rings (SSSR count). The molecule has 0 saturated heterocycles. The molecule has 156 valence electrons. The van der Waals surface area contributed by atoms with Gasteiger partial charge >= 0.3 is 5.97 Å². The van der Waals surface area contributed by atoms with Gasteiger partial charge in [0.1, 0.15) is 5.78 Å². The average molecular weight is 391 g/mol. The molecule has 1 fully saturated rings. The molecule has 0 aromatic carbocycles. The van der Waals surface area contributed by atoms with E-state index in [9.17, 15) is 19.8 Å². The Kier molecular flexibility index (Phi) is 10.1. The molecule has 4 atom stereocenters. The van der Waals surface area contributed by atoms with Gasteiger partial charge in [-0.15, -0.1) is 0 Å². The van der Waals surface area contributed by atoms with Crippen LogP contribution in [0.2, 0.25) is 0 Å². The first kappa shape index (κ1) is 24.1. The molecular weight excluding hydrogens is 356 g/mol. The first-order valence-corrected chi connectivity index (χ1v) is 9.82. The number of carbonyl (C=O) groups excluding carboxylic acids is 2. The van der Waals surface area contributed by atoms with Crippen molar-refractivity contribution in [2.24, 2.45) is 11.8 Å². The van der Waals surface area contributed by atoms with Gasteiger partial charge in [0, 0.05) is 24.7 Å². The molecule has 5 heteroatoms. The van der Waals surface area contributed by atoms with Crippen LogP contribution in [-0.4, -0.2) is 40.8 Å². The molecule has 0 spiro atoms. The van der Waals surface area contributed by atoms with Crippen molar-refractivity contribution >= 4 is 11.8 Å². The van der Waals surface area contributed by atoms with Gasteiger partial charge in [-0.1, -0.05) is 48.6 Å². The highest BCUT2D eigenvalue weighted by Crippen LogP contribution is 2.34. The number of carbonyl (C=O) groups is 2. The Bertz CT molecular complexity index is 627. The van der Waals surface area contributed by atoms with E-state index in [2.05, 4.69) is 11.3 Å². The summed E-state index contributed by atoms with van der Waals surface area (Å²) in [6.07, 6.45) is 13.3. The number of methoxy groups -OCH3 is 1. The van der Waals surface area contributed by atoms with E-state index in [1.807, 2.05) is 31.2 Å². The van der Waals surface area contributed by atoms with Crippen LogP contribution in [0.5, 0.6) is 0 Å². The van der Waals surface area contributed by atoms with Gasteiger partial charge in [-0.25, -0.2) is 0 Å². The van der Waals surface area contributed by atoms with Crippen molar-refractivity contribution in [3.8, 4) is 0 Å². The quantitative estimate of drug-likeness (QED) is 0.319. The molecule has 0 unspecified atom stereocenters. The molecule has 0 radical (unpaired) electrons. The van der Waals surface area contributed by atoms with Crippen LogP contribution in [-0.2, 0) is 14.3 Å². The second kappa shape index (κ2) is 11.8.